The third-order valence-corrected chi connectivity index (χ3v) is 5.87. The molecular weight excluding hydrogens is 532 g/mol. The first kappa shape index (κ1) is 36.1. The fourth-order valence-electron chi connectivity index (χ4n) is 4.49. The number of likely N-dealkylation sites (tertiary alicyclic amines) is 1. The quantitative estimate of drug-likeness (QED) is 0.159. The lowest BCUT2D eigenvalue weighted by molar-refractivity contribution is -0.160. The molecule has 1 aliphatic heterocycles. The number of methoxy groups -OCH3 is 1. The van der Waals surface area contributed by atoms with Crippen molar-refractivity contribution < 1.29 is 38.1 Å². The van der Waals surface area contributed by atoms with Crippen molar-refractivity contribution in [3.05, 3.63) is 0 Å². The van der Waals surface area contributed by atoms with E-state index in [1.165, 1.54) is 18.3 Å². The van der Waals surface area contributed by atoms with Crippen LogP contribution in [0.3, 0.4) is 0 Å². The summed E-state index contributed by atoms with van der Waals surface area (Å²) >= 11 is 0. The number of rotatable bonds is 11. The van der Waals surface area contributed by atoms with E-state index in [0.717, 1.165) is 12.8 Å². The Morgan fingerprint density at radius 1 is 0.951 bits per heavy atom. The number of carbonyl (C=O) groups is 4. The van der Waals surface area contributed by atoms with Gasteiger partial charge in [0.2, 0.25) is 5.91 Å². The van der Waals surface area contributed by atoms with Gasteiger partial charge in [0.05, 0.1) is 18.4 Å². The minimum atomic E-state index is -0.955. The Hall–Kier alpha value is -2.89. The summed E-state index contributed by atoms with van der Waals surface area (Å²) in [6.45, 7) is 18.1. The molecule has 0 radical (unpaired) electrons. The third-order valence-electron chi connectivity index (χ3n) is 5.87. The topological polar surface area (TPSA) is 145 Å². The SMILES string of the molecule is CCCC(CNC(=O)COC)C[C@@H]1[C@H](N=CNC(=O)OC(C)(C)C)C[C@H](C(=O)OC(C)(C)C)N1C(=O)OC(C)(C)C. The number of carbonyl (C=O) groups excluding carboxylic acids is 4. The molecule has 12 nitrogen and oxygen atoms in total. The smallest absolute Gasteiger partial charge is 0.412 e. The van der Waals surface area contributed by atoms with E-state index < -0.39 is 53.1 Å². The van der Waals surface area contributed by atoms with E-state index in [2.05, 4.69) is 15.6 Å². The van der Waals surface area contributed by atoms with Gasteiger partial charge >= 0.3 is 18.2 Å². The fourth-order valence-corrected chi connectivity index (χ4v) is 4.49. The van der Waals surface area contributed by atoms with Gasteiger partial charge in [-0.05, 0) is 81.1 Å². The van der Waals surface area contributed by atoms with Crippen LogP contribution in [0.25, 0.3) is 0 Å². The second-order valence-corrected chi connectivity index (χ2v) is 13.4. The maximum atomic E-state index is 13.6. The average Bonchev–Trinajstić information content (AvgIpc) is 3.13. The Bertz CT molecular complexity index is 917. The molecule has 4 atom stereocenters. The van der Waals surface area contributed by atoms with Crippen molar-refractivity contribution in [2.45, 2.75) is 130 Å². The molecule has 1 saturated heterocycles. The van der Waals surface area contributed by atoms with Crippen LogP contribution in [0, 0.1) is 5.92 Å². The zero-order valence-corrected chi connectivity index (χ0v) is 26.8. The molecule has 1 aliphatic rings. The molecule has 1 heterocycles. The largest absolute Gasteiger partial charge is 0.458 e. The first-order valence-corrected chi connectivity index (χ1v) is 14.3. The maximum Gasteiger partial charge on any atom is 0.412 e. The molecule has 2 N–H and O–H groups in total. The molecule has 0 aromatic carbocycles. The van der Waals surface area contributed by atoms with Crippen molar-refractivity contribution in [3.63, 3.8) is 0 Å². The highest BCUT2D eigenvalue weighted by Gasteiger charge is 2.50. The molecule has 236 valence electrons. The minimum Gasteiger partial charge on any atom is -0.458 e. The van der Waals surface area contributed by atoms with Gasteiger partial charge in [-0.1, -0.05) is 13.3 Å². The first-order valence-electron chi connectivity index (χ1n) is 14.3. The maximum absolute atomic E-state index is 13.6. The van der Waals surface area contributed by atoms with E-state index in [9.17, 15) is 19.2 Å². The van der Waals surface area contributed by atoms with Crippen molar-refractivity contribution in [3.8, 4) is 0 Å². The number of hydrogen-bond donors (Lipinski definition) is 2. The van der Waals surface area contributed by atoms with E-state index >= 15 is 0 Å². The summed E-state index contributed by atoms with van der Waals surface area (Å²) < 4.78 is 21.6. The number of esters is 1. The molecule has 1 unspecified atom stereocenters. The van der Waals surface area contributed by atoms with Gasteiger partial charge in [0.15, 0.2) is 0 Å². The Morgan fingerprint density at radius 3 is 2.05 bits per heavy atom. The van der Waals surface area contributed by atoms with Crippen molar-refractivity contribution in [2.75, 3.05) is 20.3 Å². The first-order chi connectivity index (χ1) is 18.8. The predicted molar refractivity (Wildman–Crippen MR) is 156 cm³/mol. The molecule has 3 amide bonds. The standard InChI is InChI=1S/C29H52N4O8/c1-12-13-19(16-30-23(34)17-38-11)14-21-20(31-18-32-25(36)40-28(5,6)7)15-22(24(35)39-27(2,3)4)33(21)26(37)41-29(8,9)10/h18-22H,12-17H2,1-11H3,(H,30,34)(H,31,32,36)/t19?,20-,21-,22-/m1/s1. The van der Waals surface area contributed by atoms with Crippen LogP contribution in [0.4, 0.5) is 9.59 Å². The minimum absolute atomic E-state index is 0.0374. The fraction of sp³-hybridized carbons (Fsp3) is 0.828. The lowest BCUT2D eigenvalue weighted by Crippen LogP contribution is -2.50. The van der Waals surface area contributed by atoms with Crippen molar-refractivity contribution >= 4 is 30.4 Å². The summed E-state index contributed by atoms with van der Waals surface area (Å²) in [6, 6.07) is -2.10. The van der Waals surface area contributed by atoms with Gasteiger partial charge in [0.1, 0.15) is 29.5 Å². The number of alkyl carbamates (subject to hydrolysis) is 1. The van der Waals surface area contributed by atoms with Gasteiger partial charge < -0.3 is 24.3 Å². The van der Waals surface area contributed by atoms with Crippen molar-refractivity contribution in [2.24, 2.45) is 10.9 Å². The van der Waals surface area contributed by atoms with E-state index in [1.54, 1.807) is 62.3 Å². The van der Waals surface area contributed by atoms with E-state index in [4.69, 9.17) is 18.9 Å². The summed E-state index contributed by atoms with van der Waals surface area (Å²) in [6.07, 6.45) is 2.10. The van der Waals surface area contributed by atoms with E-state index in [-0.39, 0.29) is 24.9 Å². The van der Waals surface area contributed by atoms with Gasteiger partial charge in [-0.15, -0.1) is 0 Å². The predicted octanol–water partition coefficient (Wildman–Crippen LogP) is 4.20. The van der Waals surface area contributed by atoms with Gasteiger partial charge in [-0.3, -0.25) is 20.0 Å². The zero-order valence-electron chi connectivity index (χ0n) is 26.8. The molecule has 0 saturated carbocycles. The van der Waals surface area contributed by atoms with Crippen LogP contribution >= 0.6 is 0 Å². The lowest BCUT2D eigenvalue weighted by atomic mass is 9.92. The normalized spacial score (nSPS) is 20.5. The molecule has 0 aromatic rings. The number of nitrogens with one attached hydrogen (secondary N) is 2. The average molecular weight is 585 g/mol. The van der Waals surface area contributed by atoms with Crippen molar-refractivity contribution in [1.29, 1.82) is 0 Å². The number of nitrogens with zero attached hydrogens (tertiary/aromatic N) is 2. The number of ether oxygens (including phenoxy) is 4. The Kier molecular flexibility index (Phi) is 13.5. The summed E-state index contributed by atoms with van der Waals surface area (Å²) in [5, 5.41) is 5.39. The zero-order chi connectivity index (χ0) is 31.6. The van der Waals surface area contributed by atoms with Crippen LogP contribution in [-0.4, -0.2) is 90.5 Å². The molecular formula is C29H52N4O8. The summed E-state index contributed by atoms with van der Waals surface area (Å²) in [7, 11) is 1.45. The monoisotopic (exact) mass is 584 g/mol. The second kappa shape index (κ2) is 15.4. The number of amides is 3. The van der Waals surface area contributed by atoms with Gasteiger partial charge in [-0.2, -0.15) is 0 Å². The molecule has 0 spiro atoms. The molecule has 0 aromatic heterocycles. The van der Waals surface area contributed by atoms with E-state index in [0.29, 0.717) is 13.0 Å². The molecule has 1 fully saturated rings. The van der Waals surface area contributed by atoms with Crippen LogP contribution in [-0.2, 0) is 28.5 Å². The van der Waals surface area contributed by atoms with E-state index in [1.807, 2.05) is 6.92 Å². The van der Waals surface area contributed by atoms with Crippen LogP contribution < -0.4 is 10.6 Å². The summed E-state index contributed by atoms with van der Waals surface area (Å²) in [5.41, 5.74) is -2.28. The molecule has 41 heavy (non-hydrogen) atoms. The van der Waals surface area contributed by atoms with Crippen molar-refractivity contribution in [1.82, 2.24) is 15.5 Å². The number of aliphatic imine (C=N–C) groups is 1. The molecule has 0 aliphatic carbocycles. The van der Waals surface area contributed by atoms with Gasteiger partial charge in [0.25, 0.3) is 0 Å². The molecule has 0 bridgehead atoms. The van der Waals surface area contributed by atoms with Crippen LogP contribution in [0.15, 0.2) is 4.99 Å². The van der Waals surface area contributed by atoms with Gasteiger partial charge in [-0.25, -0.2) is 14.4 Å². The van der Waals surface area contributed by atoms with Crippen LogP contribution in [0.2, 0.25) is 0 Å². The van der Waals surface area contributed by atoms with Crippen LogP contribution in [0.1, 0.15) is 94.9 Å². The highest BCUT2D eigenvalue weighted by Crippen LogP contribution is 2.35. The highest BCUT2D eigenvalue weighted by atomic mass is 16.6. The third kappa shape index (κ3) is 14.0. The Labute approximate surface area is 245 Å². The lowest BCUT2D eigenvalue weighted by Gasteiger charge is -2.34. The Morgan fingerprint density at radius 2 is 1.54 bits per heavy atom. The number of hydrogen-bond acceptors (Lipinski definition) is 9. The summed E-state index contributed by atoms with van der Waals surface area (Å²) in [5.74, 6) is -0.844. The second-order valence-electron chi connectivity index (χ2n) is 13.4. The summed E-state index contributed by atoms with van der Waals surface area (Å²) in [4.78, 5) is 57.3. The van der Waals surface area contributed by atoms with Crippen LogP contribution in [0.5, 0.6) is 0 Å². The Balaban J connectivity index is 3.43. The van der Waals surface area contributed by atoms with Gasteiger partial charge in [0, 0.05) is 20.1 Å². The molecule has 12 heteroatoms. The molecule has 1 rings (SSSR count). The highest BCUT2D eigenvalue weighted by molar-refractivity contribution is 5.84.